The van der Waals surface area contributed by atoms with Crippen molar-refractivity contribution in [2.75, 3.05) is 5.32 Å². The molecule has 1 atom stereocenters. The van der Waals surface area contributed by atoms with Gasteiger partial charge in [0.15, 0.2) is 5.65 Å². The lowest BCUT2D eigenvalue weighted by molar-refractivity contribution is 0.866. The largest absolute Gasteiger partial charge is 0.363 e. The second kappa shape index (κ2) is 4.72. The maximum Gasteiger partial charge on any atom is 0.157 e. The third-order valence-corrected chi connectivity index (χ3v) is 3.20. The Hall–Kier alpha value is -2.36. The third kappa shape index (κ3) is 2.42. The Bertz CT molecular complexity index is 685. The number of aryl methyl sites for hydroxylation is 1. The van der Waals surface area contributed by atoms with Crippen LogP contribution in [0.4, 0.5) is 5.82 Å². The molecular formula is C15H16N4. The van der Waals surface area contributed by atoms with Crippen LogP contribution in [0.15, 0.2) is 48.8 Å². The standard InChI is InChI=1S/C15H16N4/c1-11-3-5-13(6-4-11)12(2)17-14-8-10-19-15(18-14)7-9-16-19/h3-10,12H,1-2H3,(H,17,18). The predicted molar refractivity (Wildman–Crippen MR) is 76.2 cm³/mol. The molecular weight excluding hydrogens is 236 g/mol. The number of hydrogen-bond donors (Lipinski definition) is 1. The average Bonchev–Trinajstić information content (AvgIpc) is 2.87. The SMILES string of the molecule is Cc1ccc(C(C)Nc2ccn3nccc3n2)cc1. The monoisotopic (exact) mass is 252 g/mol. The number of hydrogen-bond acceptors (Lipinski definition) is 3. The van der Waals surface area contributed by atoms with Crippen LogP contribution in [0.2, 0.25) is 0 Å². The first-order valence-electron chi connectivity index (χ1n) is 6.36. The lowest BCUT2D eigenvalue weighted by Crippen LogP contribution is -2.08. The highest BCUT2D eigenvalue weighted by molar-refractivity contribution is 5.46. The van der Waals surface area contributed by atoms with E-state index in [1.54, 1.807) is 10.7 Å². The van der Waals surface area contributed by atoms with E-state index in [1.807, 2.05) is 18.3 Å². The minimum atomic E-state index is 0.221. The van der Waals surface area contributed by atoms with Gasteiger partial charge in [0.1, 0.15) is 5.82 Å². The molecule has 0 amide bonds. The van der Waals surface area contributed by atoms with Gasteiger partial charge in [0.05, 0.1) is 6.20 Å². The van der Waals surface area contributed by atoms with Crippen molar-refractivity contribution < 1.29 is 0 Å². The Labute approximate surface area is 112 Å². The maximum atomic E-state index is 4.51. The summed E-state index contributed by atoms with van der Waals surface area (Å²) in [5.41, 5.74) is 3.37. The molecule has 0 bridgehead atoms. The summed E-state index contributed by atoms with van der Waals surface area (Å²) in [4.78, 5) is 4.51. The first-order valence-corrected chi connectivity index (χ1v) is 6.36. The van der Waals surface area contributed by atoms with Crippen molar-refractivity contribution >= 4 is 11.5 Å². The van der Waals surface area contributed by atoms with Crippen molar-refractivity contribution in [3.8, 4) is 0 Å². The fraction of sp³-hybridized carbons (Fsp3) is 0.200. The topological polar surface area (TPSA) is 42.2 Å². The molecule has 0 spiro atoms. The number of rotatable bonds is 3. The quantitative estimate of drug-likeness (QED) is 0.778. The van der Waals surface area contributed by atoms with Crippen molar-refractivity contribution in [2.45, 2.75) is 19.9 Å². The van der Waals surface area contributed by atoms with Gasteiger partial charge in [0.25, 0.3) is 0 Å². The van der Waals surface area contributed by atoms with Gasteiger partial charge in [0, 0.05) is 18.3 Å². The molecule has 0 aliphatic rings. The highest BCUT2D eigenvalue weighted by Gasteiger charge is 2.06. The van der Waals surface area contributed by atoms with E-state index in [-0.39, 0.29) is 6.04 Å². The minimum absolute atomic E-state index is 0.221. The van der Waals surface area contributed by atoms with Gasteiger partial charge in [-0.05, 0) is 25.5 Å². The molecule has 0 aliphatic heterocycles. The van der Waals surface area contributed by atoms with Gasteiger partial charge >= 0.3 is 0 Å². The molecule has 0 radical (unpaired) electrons. The van der Waals surface area contributed by atoms with Crippen LogP contribution in [0.5, 0.6) is 0 Å². The van der Waals surface area contributed by atoms with E-state index in [2.05, 4.69) is 53.5 Å². The molecule has 2 heterocycles. The minimum Gasteiger partial charge on any atom is -0.363 e. The zero-order chi connectivity index (χ0) is 13.2. The van der Waals surface area contributed by atoms with Crippen LogP contribution < -0.4 is 5.32 Å². The van der Waals surface area contributed by atoms with Crippen LogP contribution in [-0.4, -0.2) is 14.6 Å². The van der Waals surface area contributed by atoms with E-state index < -0.39 is 0 Å². The van der Waals surface area contributed by atoms with E-state index in [0.29, 0.717) is 0 Å². The van der Waals surface area contributed by atoms with Crippen molar-refractivity contribution in [2.24, 2.45) is 0 Å². The number of fused-ring (bicyclic) bond motifs is 1. The first-order chi connectivity index (χ1) is 9.22. The summed E-state index contributed by atoms with van der Waals surface area (Å²) in [5.74, 6) is 0.862. The van der Waals surface area contributed by atoms with Crippen molar-refractivity contribution in [3.05, 3.63) is 59.9 Å². The van der Waals surface area contributed by atoms with Crippen molar-refractivity contribution in [1.29, 1.82) is 0 Å². The zero-order valence-electron chi connectivity index (χ0n) is 11.0. The molecule has 2 aromatic heterocycles. The predicted octanol–water partition coefficient (Wildman–Crippen LogP) is 3.21. The molecule has 0 fully saturated rings. The molecule has 0 saturated carbocycles. The summed E-state index contributed by atoms with van der Waals surface area (Å²) in [7, 11) is 0. The summed E-state index contributed by atoms with van der Waals surface area (Å²) < 4.78 is 1.75. The fourth-order valence-electron chi connectivity index (χ4n) is 2.05. The average molecular weight is 252 g/mol. The Kier molecular flexibility index (Phi) is 2.91. The number of nitrogens with zero attached hydrogens (tertiary/aromatic N) is 3. The van der Waals surface area contributed by atoms with Crippen LogP contribution in [0.25, 0.3) is 5.65 Å². The van der Waals surface area contributed by atoms with Gasteiger partial charge in [-0.3, -0.25) is 0 Å². The van der Waals surface area contributed by atoms with E-state index in [1.165, 1.54) is 11.1 Å². The Balaban J connectivity index is 1.81. The fourth-order valence-corrected chi connectivity index (χ4v) is 2.05. The van der Waals surface area contributed by atoms with Crippen LogP contribution in [-0.2, 0) is 0 Å². The highest BCUT2D eigenvalue weighted by Crippen LogP contribution is 2.18. The summed E-state index contributed by atoms with van der Waals surface area (Å²) in [6, 6.07) is 12.6. The molecule has 1 aromatic carbocycles. The van der Waals surface area contributed by atoms with Crippen LogP contribution in [0, 0.1) is 6.92 Å². The summed E-state index contributed by atoms with van der Waals surface area (Å²) in [5, 5.41) is 7.54. The first kappa shape index (κ1) is 11.7. The summed E-state index contributed by atoms with van der Waals surface area (Å²) in [6.45, 7) is 4.23. The molecule has 4 nitrogen and oxygen atoms in total. The van der Waals surface area contributed by atoms with Gasteiger partial charge in [-0.1, -0.05) is 29.8 Å². The third-order valence-electron chi connectivity index (χ3n) is 3.20. The Morgan fingerprint density at radius 3 is 2.68 bits per heavy atom. The van der Waals surface area contributed by atoms with E-state index in [9.17, 15) is 0 Å². The highest BCUT2D eigenvalue weighted by atomic mass is 15.2. The number of aromatic nitrogens is 3. The van der Waals surface area contributed by atoms with Crippen LogP contribution in [0.3, 0.4) is 0 Å². The summed E-state index contributed by atoms with van der Waals surface area (Å²) in [6.07, 6.45) is 3.65. The number of nitrogens with one attached hydrogen (secondary N) is 1. The maximum absolute atomic E-state index is 4.51. The summed E-state index contributed by atoms with van der Waals surface area (Å²) >= 11 is 0. The second-order valence-corrected chi connectivity index (χ2v) is 4.72. The number of anilines is 1. The van der Waals surface area contributed by atoms with Crippen LogP contribution in [0.1, 0.15) is 24.1 Å². The lowest BCUT2D eigenvalue weighted by atomic mass is 10.1. The molecule has 1 N–H and O–H groups in total. The molecule has 4 heteroatoms. The van der Waals surface area contributed by atoms with Crippen molar-refractivity contribution in [1.82, 2.24) is 14.6 Å². The smallest absolute Gasteiger partial charge is 0.157 e. The van der Waals surface area contributed by atoms with Crippen molar-refractivity contribution in [3.63, 3.8) is 0 Å². The molecule has 3 aromatic rings. The van der Waals surface area contributed by atoms with Gasteiger partial charge < -0.3 is 5.32 Å². The normalized spacial score (nSPS) is 12.5. The molecule has 0 aliphatic carbocycles. The Morgan fingerprint density at radius 1 is 1.11 bits per heavy atom. The molecule has 0 saturated heterocycles. The van der Waals surface area contributed by atoms with Gasteiger partial charge in [-0.25, -0.2) is 9.50 Å². The zero-order valence-corrected chi connectivity index (χ0v) is 11.0. The Morgan fingerprint density at radius 2 is 1.89 bits per heavy atom. The number of benzene rings is 1. The molecule has 3 rings (SSSR count). The van der Waals surface area contributed by atoms with E-state index >= 15 is 0 Å². The second-order valence-electron chi connectivity index (χ2n) is 4.72. The van der Waals surface area contributed by atoms with Gasteiger partial charge in [-0.15, -0.1) is 0 Å². The lowest BCUT2D eigenvalue weighted by Gasteiger charge is -2.15. The van der Waals surface area contributed by atoms with E-state index in [4.69, 9.17) is 0 Å². The van der Waals surface area contributed by atoms with Crippen LogP contribution >= 0.6 is 0 Å². The molecule has 19 heavy (non-hydrogen) atoms. The van der Waals surface area contributed by atoms with E-state index in [0.717, 1.165) is 11.5 Å². The van der Waals surface area contributed by atoms with Gasteiger partial charge in [0.2, 0.25) is 0 Å². The molecule has 96 valence electrons. The molecule has 1 unspecified atom stereocenters. The van der Waals surface area contributed by atoms with Gasteiger partial charge in [-0.2, -0.15) is 5.10 Å².